The van der Waals surface area contributed by atoms with Crippen LogP contribution in [0.15, 0.2) is 12.3 Å². The van der Waals surface area contributed by atoms with Crippen molar-refractivity contribution in [1.29, 1.82) is 0 Å². The fourth-order valence-corrected chi connectivity index (χ4v) is 1.16. The lowest BCUT2D eigenvalue weighted by Gasteiger charge is -2.21. The Morgan fingerprint density at radius 1 is 1.56 bits per heavy atom. The van der Waals surface area contributed by atoms with Crippen LogP contribution in [0.2, 0.25) is 5.15 Å². The molecule has 1 aromatic rings. The smallest absolute Gasteiger partial charge is 0.256 e. The number of hydrogen-bond acceptors (Lipinski definition) is 3. The highest BCUT2D eigenvalue weighted by atomic mass is 35.5. The number of methoxy groups -OCH3 is 1. The minimum absolute atomic E-state index is 0.260. The van der Waals surface area contributed by atoms with Crippen LogP contribution >= 0.6 is 11.6 Å². The van der Waals surface area contributed by atoms with Gasteiger partial charge in [0.1, 0.15) is 5.60 Å². The maximum atomic E-state index is 11.8. The number of amides is 1. The first-order valence-corrected chi connectivity index (χ1v) is 5.23. The van der Waals surface area contributed by atoms with Gasteiger partial charge in [-0.05, 0) is 32.4 Å². The Balaban J connectivity index is 2.89. The molecule has 1 amide bonds. The quantitative estimate of drug-likeness (QED) is 0.829. The Morgan fingerprint density at radius 3 is 2.75 bits per heavy atom. The number of nitrogens with zero attached hydrogens (tertiary/aromatic N) is 1. The summed E-state index contributed by atoms with van der Waals surface area (Å²) < 4.78 is 5.07. The molecule has 0 unspecified atom stereocenters. The van der Waals surface area contributed by atoms with Gasteiger partial charge >= 0.3 is 0 Å². The molecule has 0 aliphatic carbocycles. The molecule has 0 aromatic carbocycles. The third-order valence-corrected chi connectivity index (χ3v) is 2.58. The van der Waals surface area contributed by atoms with Crippen LogP contribution in [0.5, 0.6) is 0 Å². The Labute approximate surface area is 100.0 Å². The van der Waals surface area contributed by atoms with Crippen molar-refractivity contribution < 1.29 is 9.53 Å². The molecule has 5 heteroatoms. The normalized spacial score (nSPS) is 11.3. The number of halogens is 1. The first-order chi connectivity index (χ1) is 7.36. The van der Waals surface area contributed by atoms with E-state index in [0.29, 0.717) is 5.69 Å². The van der Waals surface area contributed by atoms with E-state index in [0.717, 1.165) is 5.56 Å². The molecule has 1 rings (SSSR count). The predicted molar refractivity (Wildman–Crippen MR) is 63.7 cm³/mol. The standard InChI is InChI=1S/C11H15ClN2O2/c1-7-5-8(9(12)13-6-7)14-10(15)11(2,3)16-4/h5-6H,1-4H3,(H,14,15). The number of carbonyl (C=O) groups is 1. The van der Waals surface area contributed by atoms with Gasteiger partial charge in [0.15, 0.2) is 5.15 Å². The molecular formula is C11H15ClN2O2. The predicted octanol–water partition coefficient (Wildman–Crippen LogP) is 2.41. The van der Waals surface area contributed by atoms with E-state index in [1.807, 2.05) is 6.92 Å². The van der Waals surface area contributed by atoms with Crippen molar-refractivity contribution in [3.05, 3.63) is 23.0 Å². The van der Waals surface area contributed by atoms with E-state index >= 15 is 0 Å². The molecule has 0 fully saturated rings. The number of rotatable bonds is 3. The Bertz CT molecular complexity index is 405. The molecule has 1 N–H and O–H groups in total. The first-order valence-electron chi connectivity index (χ1n) is 4.85. The topological polar surface area (TPSA) is 51.2 Å². The van der Waals surface area contributed by atoms with E-state index in [1.165, 1.54) is 7.11 Å². The third kappa shape index (κ3) is 2.93. The van der Waals surface area contributed by atoms with Crippen LogP contribution in [-0.4, -0.2) is 23.6 Å². The molecular weight excluding hydrogens is 228 g/mol. The molecule has 0 aliphatic rings. The molecule has 4 nitrogen and oxygen atoms in total. The number of pyridine rings is 1. The maximum absolute atomic E-state index is 11.8. The van der Waals surface area contributed by atoms with Gasteiger partial charge in [0, 0.05) is 13.3 Å². The number of aryl methyl sites for hydroxylation is 1. The second-order valence-corrected chi connectivity index (χ2v) is 4.38. The minimum atomic E-state index is -0.896. The zero-order valence-corrected chi connectivity index (χ0v) is 10.6. The van der Waals surface area contributed by atoms with Crippen molar-refractivity contribution in [3.63, 3.8) is 0 Å². The Hall–Kier alpha value is -1.13. The van der Waals surface area contributed by atoms with Gasteiger partial charge in [-0.15, -0.1) is 0 Å². The molecule has 0 radical (unpaired) electrons. The lowest BCUT2D eigenvalue weighted by molar-refractivity contribution is -0.133. The highest BCUT2D eigenvalue weighted by Gasteiger charge is 2.27. The van der Waals surface area contributed by atoms with Gasteiger partial charge in [-0.25, -0.2) is 4.98 Å². The molecule has 0 aliphatic heterocycles. The number of aromatic nitrogens is 1. The lowest BCUT2D eigenvalue weighted by atomic mass is 10.1. The highest BCUT2D eigenvalue weighted by Crippen LogP contribution is 2.21. The van der Waals surface area contributed by atoms with Crippen molar-refractivity contribution >= 4 is 23.2 Å². The lowest BCUT2D eigenvalue weighted by Crippen LogP contribution is -2.38. The molecule has 1 heterocycles. The molecule has 0 bridgehead atoms. The molecule has 0 saturated heterocycles. The van der Waals surface area contributed by atoms with Gasteiger partial charge in [0.2, 0.25) is 0 Å². The zero-order valence-electron chi connectivity index (χ0n) is 9.80. The molecule has 0 atom stereocenters. The van der Waals surface area contributed by atoms with Crippen LogP contribution < -0.4 is 5.32 Å². The second kappa shape index (κ2) is 4.80. The average Bonchev–Trinajstić information content (AvgIpc) is 2.23. The molecule has 16 heavy (non-hydrogen) atoms. The summed E-state index contributed by atoms with van der Waals surface area (Å²) in [4.78, 5) is 15.8. The summed E-state index contributed by atoms with van der Waals surface area (Å²) in [5, 5.41) is 2.95. The number of anilines is 1. The minimum Gasteiger partial charge on any atom is -0.369 e. The van der Waals surface area contributed by atoms with Crippen LogP contribution in [-0.2, 0) is 9.53 Å². The monoisotopic (exact) mass is 242 g/mol. The summed E-state index contributed by atoms with van der Waals surface area (Å²) in [5.74, 6) is -0.260. The van der Waals surface area contributed by atoms with Crippen molar-refractivity contribution in [1.82, 2.24) is 4.98 Å². The van der Waals surface area contributed by atoms with Crippen LogP contribution in [0.4, 0.5) is 5.69 Å². The number of ether oxygens (including phenoxy) is 1. The van der Waals surface area contributed by atoms with Crippen molar-refractivity contribution in [2.75, 3.05) is 12.4 Å². The van der Waals surface area contributed by atoms with Gasteiger partial charge in [-0.2, -0.15) is 0 Å². The molecule has 0 saturated carbocycles. The van der Waals surface area contributed by atoms with Gasteiger partial charge in [0.05, 0.1) is 5.69 Å². The van der Waals surface area contributed by atoms with Crippen LogP contribution in [0.3, 0.4) is 0 Å². The first kappa shape index (κ1) is 12.9. The maximum Gasteiger partial charge on any atom is 0.256 e. The largest absolute Gasteiger partial charge is 0.369 e. The fourth-order valence-electron chi connectivity index (χ4n) is 1.01. The second-order valence-electron chi connectivity index (χ2n) is 4.02. The summed E-state index contributed by atoms with van der Waals surface area (Å²) in [6.45, 7) is 5.24. The Morgan fingerprint density at radius 2 is 2.19 bits per heavy atom. The summed E-state index contributed by atoms with van der Waals surface area (Å²) in [6.07, 6.45) is 1.64. The van der Waals surface area contributed by atoms with Crippen molar-refractivity contribution in [2.45, 2.75) is 26.4 Å². The Kier molecular flexibility index (Phi) is 3.88. The summed E-state index contributed by atoms with van der Waals surface area (Å²) in [5.41, 5.74) is 0.527. The summed E-state index contributed by atoms with van der Waals surface area (Å²) in [7, 11) is 1.48. The number of nitrogens with one attached hydrogen (secondary N) is 1. The average molecular weight is 243 g/mol. The molecule has 88 valence electrons. The summed E-state index contributed by atoms with van der Waals surface area (Å²) >= 11 is 5.87. The summed E-state index contributed by atoms with van der Waals surface area (Å²) in [6, 6.07) is 1.76. The van der Waals surface area contributed by atoms with Gasteiger partial charge in [0.25, 0.3) is 5.91 Å². The van der Waals surface area contributed by atoms with E-state index in [-0.39, 0.29) is 11.1 Å². The van der Waals surface area contributed by atoms with E-state index in [2.05, 4.69) is 10.3 Å². The molecule has 0 spiro atoms. The van der Waals surface area contributed by atoms with Crippen molar-refractivity contribution in [3.8, 4) is 0 Å². The van der Waals surface area contributed by atoms with E-state index in [4.69, 9.17) is 16.3 Å². The van der Waals surface area contributed by atoms with Gasteiger partial charge in [-0.1, -0.05) is 11.6 Å². The van der Waals surface area contributed by atoms with Crippen LogP contribution in [0.25, 0.3) is 0 Å². The van der Waals surface area contributed by atoms with Crippen LogP contribution in [0, 0.1) is 6.92 Å². The van der Waals surface area contributed by atoms with Gasteiger partial charge in [-0.3, -0.25) is 4.79 Å². The number of hydrogen-bond donors (Lipinski definition) is 1. The number of carbonyl (C=O) groups excluding carboxylic acids is 1. The van der Waals surface area contributed by atoms with E-state index in [1.54, 1.807) is 26.1 Å². The van der Waals surface area contributed by atoms with E-state index in [9.17, 15) is 4.79 Å². The highest BCUT2D eigenvalue weighted by molar-refractivity contribution is 6.32. The van der Waals surface area contributed by atoms with Gasteiger partial charge < -0.3 is 10.1 Å². The SMILES string of the molecule is COC(C)(C)C(=O)Nc1cc(C)cnc1Cl. The molecule has 1 aromatic heterocycles. The fraction of sp³-hybridized carbons (Fsp3) is 0.455. The third-order valence-electron chi connectivity index (χ3n) is 2.28. The van der Waals surface area contributed by atoms with E-state index < -0.39 is 5.60 Å². The zero-order chi connectivity index (χ0) is 12.3. The van der Waals surface area contributed by atoms with Crippen LogP contribution in [0.1, 0.15) is 19.4 Å². The van der Waals surface area contributed by atoms with Crippen molar-refractivity contribution in [2.24, 2.45) is 0 Å².